The van der Waals surface area contributed by atoms with Gasteiger partial charge in [-0.05, 0) is 38.3 Å². The lowest BCUT2D eigenvalue weighted by molar-refractivity contribution is 0.0428. The van der Waals surface area contributed by atoms with Gasteiger partial charge in [-0.25, -0.2) is 4.79 Å². The number of carbonyl (C=O) groups excluding carboxylic acids is 1. The van der Waals surface area contributed by atoms with E-state index >= 15 is 0 Å². The highest BCUT2D eigenvalue weighted by Gasteiger charge is 2.26. The second-order valence-corrected chi connectivity index (χ2v) is 4.80. The summed E-state index contributed by atoms with van der Waals surface area (Å²) in [4.78, 5) is 11.4. The first kappa shape index (κ1) is 13.1. The summed E-state index contributed by atoms with van der Waals surface area (Å²) in [7, 11) is 1.36. The predicted molar refractivity (Wildman–Crippen MR) is 65.2 cm³/mol. The smallest absolute Gasteiger partial charge is 0.341 e. The predicted octanol–water partition coefficient (Wildman–Crippen LogP) is 1.24. The van der Waals surface area contributed by atoms with Crippen LogP contribution in [0.15, 0.2) is 10.5 Å². The van der Waals surface area contributed by atoms with E-state index in [-0.39, 0.29) is 12.1 Å². The number of esters is 1. The molecule has 0 aliphatic heterocycles. The first-order chi connectivity index (χ1) is 8.60. The fraction of sp³-hybridized carbons (Fsp3) is 0.615. The molecule has 5 heteroatoms. The highest BCUT2D eigenvalue weighted by Crippen LogP contribution is 2.26. The van der Waals surface area contributed by atoms with Crippen LogP contribution >= 0.6 is 0 Å². The monoisotopic (exact) mass is 253 g/mol. The van der Waals surface area contributed by atoms with Gasteiger partial charge in [0, 0.05) is 0 Å². The van der Waals surface area contributed by atoms with Gasteiger partial charge in [0.05, 0.1) is 19.8 Å². The van der Waals surface area contributed by atoms with Crippen molar-refractivity contribution in [2.24, 2.45) is 5.92 Å². The van der Waals surface area contributed by atoms with Gasteiger partial charge in [-0.15, -0.1) is 0 Å². The molecule has 0 amide bonds. The summed E-state index contributed by atoms with van der Waals surface area (Å²) in [5, 5.41) is 12.4. The number of aliphatic hydroxyl groups excluding tert-OH is 1. The van der Waals surface area contributed by atoms with Gasteiger partial charge < -0.3 is 19.6 Å². The number of rotatable bonds is 5. The average Bonchev–Trinajstić information content (AvgIpc) is 2.67. The molecule has 1 aliphatic carbocycles. The van der Waals surface area contributed by atoms with Gasteiger partial charge in [0.2, 0.25) is 0 Å². The fourth-order valence-electron chi connectivity index (χ4n) is 2.21. The average molecular weight is 253 g/mol. The fourth-order valence-corrected chi connectivity index (χ4v) is 2.21. The number of hydrogen-bond acceptors (Lipinski definition) is 5. The maximum absolute atomic E-state index is 11.4. The minimum absolute atomic E-state index is 0.117. The van der Waals surface area contributed by atoms with Crippen LogP contribution in [0.5, 0.6) is 0 Å². The van der Waals surface area contributed by atoms with Gasteiger partial charge in [-0.1, -0.05) is 0 Å². The Morgan fingerprint density at radius 1 is 1.61 bits per heavy atom. The third kappa shape index (κ3) is 2.91. The van der Waals surface area contributed by atoms with Crippen molar-refractivity contribution in [2.45, 2.75) is 32.4 Å². The summed E-state index contributed by atoms with van der Waals surface area (Å²) < 4.78 is 10.1. The van der Waals surface area contributed by atoms with E-state index in [2.05, 4.69) is 10.1 Å². The van der Waals surface area contributed by atoms with Crippen molar-refractivity contribution < 1.29 is 19.1 Å². The summed E-state index contributed by atoms with van der Waals surface area (Å²) in [5.41, 5.74) is 0.480. The third-order valence-corrected chi connectivity index (χ3v) is 3.32. The standard InChI is InChI=1S/C13H19NO4/c1-8-12(13(16)17-2)5-11(18-8)7-14-6-9-3-10(15)4-9/h5,9-10,14-15H,3-4,6-7H2,1-2H3. The van der Waals surface area contributed by atoms with Gasteiger partial charge in [-0.2, -0.15) is 0 Å². The molecule has 0 aromatic carbocycles. The van der Waals surface area contributed by atoms with Crippen LogP contribution < -0.4 is 5.32 Å². The second kappa shape index (κ2) is 5.54. The molecule has 5 nitrogen and oxygen atoms in total. The quantitative estimate of drug-likeness (QED) is 0.772. The Morgan fingerprint density at radius 3 is 2.94 bits per heavy atom. The molecule has 2 rings (SSSR count). The molecular formula is C13H19NO4. The van der Waals surface area contributed by atoms with E-state index in [0.29, 0.717) is 23.8 Å². The lowest BCUT2D eigenvalue weighted by Crippen LogP contribution is -2.35. The van der Waals surface area contributed by atoms with Crippen molar-refractivity contribution >= 4 is 5.97 Å². The molecule has 1 aromatic rings. The Bertz CT molecular complexity index is 421. The van der Waals surface area contributed by atoms with Crippen LogP contribution in [-0.2, 0) is 11.3 Å². The molecule has 1 aromatic heterocycles. The van der Waals surface area contributed by atoms with Crippen LogP contribution in [-0.4, -0.2) is 30.8 Å². The molecule has 0 unspecified atom stereocenters. The summed E-state index contributed by atoms with van der Waals surface area (Å²) in [5.74, 6) is 1.49. The van der Waals surface area contributed by atoms with Crippen LogP contribution in [0.1, 0.15) is 34.7 Å². The molecule has 1 fully saturated rings. The van der Waals surface area contributed by atoms with Crippen LogP contribution in [0.4, 0.5) is 0 Å². The SMILES string of the molecule is COC(=O)c1cc(CNCC2CC(O)C2)oc1C. The summed E-state index contributed by atoms with van der Waals surface area (Å²) in [6.07, 6.45) is 1.63. The Morgan fingerprint density at radius 2 is 2.33 bits per heavy atom. The van der Waals surface area contributed by atoms with Gasteiger partial charge in [0.1, 0.15) is 17.1 Å². The Labute approximate surface area is 106 Å². The van der Waals surface area contributed by atoms with Crippen molar-refractivity contribution in [3.8, 4) is 0 Å². The molecule has 1 aliphatic rings. The van der Waals surface area contributed by atoms with Gasteiger partial charge >= 0.3 is 5.97 Å². The topological polar surface area (TPSA) is 71.7 Å². The number of hydrogen-bond donors (Lipinski definition) is 2. The lowest BCUT2D eigenvalue weighted by atomic mass is 9.82. The summed E-state index contributed by atoms with van der Waals surface area (Å²) in [6.45, 7) is 3.20. The Hall–Kier alpha value is -1.33. The molecule has 18 heavy (non-hydrogen) atoms. The molecule has 2 N–H and O–H groups in total. The van der Waals surface area contributed by atoms with E-state index in [1.807, 2.05) is 0 Å². The Balaban J connectivity index is 1.81. The van der Waals surface area contributed by atoms with E-state index < -0.39 is 0 Å². The minimum atomic E-state index is -0.371. The highest BCUT2D eigenvalue weighted by molar-refractivity contribution is 5.90. The third-order valence-electron chi connectivity index (χ3n) is 3.32. The number of methoxy groups -OCH3 is 1. The van der Waals surface area contributed by atoms with Crippen molar-refractivity contribution in [3.05, 3.63) is 23.2 Å². The van der Waals surface area contributed by atoms with Crippen molar-refractivity contribution in [1.82, 2.24) is 5.32 Å². The molecule has 0 spiro atoms. The zero-order valence-electron chi connectivity index (χ0n) is 10.7. The molecule has 1 heterocycles. The van der Waals surface area contributed by atoms with Crippen molar-refractivity contribution in [1.29, 1.82) is 0 Å². The molecule has 0 atom stereocenters. The second-order valence-electron chi connectivity index (χ2n) is 4.80. The first-order valence-electron chi connectivity index (χ1n) is 6.16. The minimum Gasteiger partial charge on any atom is -0.465 e. The number of aryl methyl sites for hydroxylation is 1. The normalized spacial score (nSPS) is 22.6. The zero-order chi connectivity index (χ0) is 13.1. The van der Waals surface area contributed by atoms with E-state index in [9.17, 15) is 4.79 Å². The maximum atomic E-state index is 11.4. The van der Waals surface area contributed by atoms with E-state index in [0.717, 1.165) is 25.1 Å². The van der Waals surface area contributed by atoms with Crippen LogP contribution in [0, 0.1) is 12.8 Å². The van der Waals surface area contributed by atoms with Gasteiger partial charge in [-0.3, -0.25) is 0 Å². The van der Waals surface area contributed by atoms with Crippen molar-refractivity contribution in [2.75, 3.05) is 13.7 Å². The van der Waals surface area contributed by atoms with Crippen molar-refractivity contribution in [3.63, 3.8) is 0 Å². The van der Waals surface area contributed by atoms with E-state index in [4.69, 9.17) is 9.52 Å². The summed E-state index contributed by atoms with van der Waals surface area (Å²) in [6, 6.07) is 1.71. The number of furan rings is 1. The number of ether oxygens (including phenoxy) is 1. The first-order valence-corrected chi connectivity index (χ1v) is 6.16. The Kier molecular flexibility index (Phi) is 4.04. The van der Waals surface area contributed by atoms with Crippen LogP contribution in [0.2, 0.25) is 0 Å². The molecule has 0 radical (unpaired) electrons. The lowest BCUT2D eigenvalue weighted by Gasteiger charge is -2.31. The summed E-state index contributed by atoms with van der Waals surface area (Å²) >= 11 is 0. The number of aliphatic hydroxyl groups is 1. The number of nitrogens with one attached hydrogen (secondary N) is 1. The molecule has 100 valence electrons. The molecule has 1 saturated carbocycles. The van der Waals surface area contributed by atoms with Gasteiger partial charge in [0.25, 0.3) is 0 Å². The highest BCUT2D eigenvalue weighted by atomic mass is 16.5. The molecule has 0 saturated heterocycles. The zero-order valence-corrected chi connectivity index (χ0v) is 10.7. The molecular weight excluding hydrogens is 234 g/mol. The molecule has 0 bridgehead atoms. The van der Waals surface area contributed by atoms with E-state index in [1.54, 1.807) is 13.0 Å². The largest absolute Gasteiger partial charge is 0.465 e. The van der Waals surface area contributed by atoms with Crippen LogP contribution in [0.25, 0.3) is 0 Å². The maximum Gasteiger partial charge on any atom is 0.341 e. The number of carbonyl (C=O) groups is 1. The van der Waals surface area contributed by atoms with Gasteiger partial charge in [0.15, 0.2) is 0 Å². The van der Waals surface area contributed by atoms with E-state index in [1.165, 1.54) is 7.11 Å². The van der Waals surface area contributed by atoms with Crippen LogP contribution in [0.3, 0.4) is 0 Å².